The fourth-order valence-corrected chi connectivity index (χ4v) is 2.60. The zero-order valence-corrected chi connectivity index (χ0v) is 14.2. The van der Waals surface area contributed by atoms with E-state index in [0.717, 1.165) is 0 Å². The van der Waals surface area contributed by atoms with E-state index in [0.29, 0.717) is 44.9 Å². The summed E-state index contributed by atoms with van der Waals surface area (Å²) in [5.74, 6) is 0.582. The number of nitrogens with one attached hydrogen (secondary N) is 1. The second-order valence-electron chi connectivity index (χ2n) is 5.45. The minimum absolute atomic E-state index is 0.378. The molecule has 0 radical (unpaired) electrons. The highest BCUT2D eigenvalue weighted by Crippen LogP contribution is 2.36. The van der Waals surface area contributed by atoms with Gasteiger partial charge in [0.15, 0.2) is 11.5 Å². The van der Waals surface area contributed by atoms with E-state index in [2.05, 4.69) is 16.4 Å². The summed E-state index contributed by atoms with van der Waals surface area (Å²) in [7, 11) is 3.09. The highest BCUT2D eigenvalue weighted by atomic mass is 16.5. The van der Waals surface area contributed by atoms with Crippen molar-refractivity contribution in [3.05, 3.63) is 53.7 Å². The number of methoxy groups -OCH3 is 2. The first-order valence-corrected chi connectivity index (χ1v) is 7.69. The van der Waals surface area contributed by atoms with Crippen LogP contribution in [0.15, 0.2) is 42.6 Å². The van der Waals surface area contributed by atoms with Gasteiger partial charge in [0.25, 0.3) is 0 Å². The van der Waals surface area contributed by atoms with Crippen LogP contribution >= 0.6 is 0 Å². The van der Waals surface area contributed by atoms with E-state index < -0.39 is 5.91 Å². The highest BCUT2D eigenvalue weighted by Gasteiger charge is 2.14. The molecule has 0 aliphatic heterocycles. The number of carbonyl (C=O) groups excluding carboxylic acids is 1. The molecule has 26 heavy (non-hydrogen) atoms. The maximum Gasteiger partial charge on any atom is 0.248 e. The van der Waals surface area contributed by atoms with Crippen LogP contribution in [0.1, 0.15) is 15.9 Å². The van der Waals surface area contributed by atoms with Crippen molar-refractivity contribution in [1.29, 1.82) is 5.26 Å². The van der Waals surface area contributed by atoms with Crippen molar-refractivity contribution in [3.63, 3.8) is 0 Å². The van der Waals surface area contributed by atoms with Gasteiger partial charge < -0.3 is 20.5 Å². The van der Waals surface area contributed by atoms with Crippen LogP contribution in [-0.4, -0.2) is 25.1 Å². The molecule has 0 unspecified atom stereocenters. The summed E-state index contributed by atoms with van der Waals surface area (Å²) in [4.78, 5) is 15.5. The second-order valence-corrected chi connectivity index (χ2v) is 5.45. The molecule has 3 aromatic rings. The lowest BCUT2D eigenvalue weighted by molar-refractivity contribution is 0.100. The zero-order chi connectivity index (χ0) is 18.7. The number of rotatable bonds is 5. The molecule has 0 aliphatic carbocycles. The van der Waals surface area contributed by atoms with Gasteiger partial charge in [-0.05, 0) is 30.3 Å². The first-order chi connectivity index (χ1) is 12.6. The third-order valence-corrected chi connectivity index (χ3v) is 3.93. The van der Waals surface area contributed by atoms with E-state index >= 15 is 0 Å². The molecule has 1 amide bonds. The number of primary amides is 1. The summed E-state index contributed by atoms with van der Waals surface area (Å²) in [6.45, 7) is 0. The molecule has 3 rings (SSSR count). The molecule has 0 atom stereocenters. The molecular formula is C19H16N4O3. The van der Waals surface area contributed by atoms with E-state index in [9.17, 15) is 10.1 Å². The third kappa shape index (κ3) is 3.08. The van der Waals surface area contributed by atoms with Gasteiger partial charge in [0.1, 0.15) is 6.07 Å². The van der Waals surface area contributed by atoms with Crippen molar-refractivity contribution in [2.75, 3.05) is 19.5 Å². The van der Waals surface area contributed by atoms with Crippen LogP contribution in [0.5, 0.6) is 11.5 Å². The molecule has 0 bridgehead atoms. The van der Waals surface area contributed by atoms with Crippen molar-refractivity contribution < 1.29 is 14.3 Å². The fraction of sp³-hybridized carbons (Fsp3) is 0.105. The predicted octanol–water partition coefficient (Wildman–Crippen LogP) is 2.97. The minimum atomic E-state index is -0.500. The second kappa shape index (κ2) is 6.99. The van der Waals surface area contributed by atoms with Gasteiger partial charge in [-0.25, -0.2) is 0 Å². The Labute approximate surface area is 150 Å². The van der Waals surface area contributed by atoms with Crippen LogP contribution in [0.25, 0.3) is 10.9 Å². The van der Waals surface area contributed by atoms with Crippen LogP contribution in [0.3, 0.4) is 0 Å². The Morgan fingerprint density at radius 2 is 1.81 bits per heavy atom. The van der Waals surface area contributed by atoms with Crippen molar-refractivity contribution in [2.24, 2.45) is 5.73 Å². The minimum Gasteiger partial charge on any atom is -0.493 e. The number of aromatic nitrogens is 1. The lowest BCUT2D eigenvalue weighted by Gasteiger charge is -2.14. The topological polar surface area (TPSA) is 110 Å². The van der Waals surface area contributed by atoms with Crippen molar-refractivity contribution in [3.8, 4) is 17.6 Å². The molecule has 130 valence electrons. The Bertz CT molecular complexity index is 1020. The number of pyridine rings is 1. The summed E-state index contributed by atoms with van der Waals surface area (Å²) < 4.78 is 10.7. The van der Waals surface area contributed by atoms with Gasteiger partial charge in [-0.2, -0.15) is 5.26 Å². The number of anilines is 2. The maximum absolute atomic E-state index is 11.2. The number of amides is 1. The number of hydrogen-bond donors (Lipinski definition) is 2. The molecule has 2 aromatic carbocycles. The van der Waals surface area contributed by atoms with Gasteiger partial charge in [-0.3, -0.25) is 9.78 Å². The molecule has 0 spiro atoms. The van der Waals surface area contributed by atoms with E-state index in [4.69, 9.17) is 15.2 Å². The van der Waals surface area contributed by atoms with E-state index in [-0.39, 0.29) is 0 Å². The van der Waals surface area contributed by atoms with Crippen LogP contribution < -0.4 is 20.5 Å². The van der Waals surface area contributed by atoms with Crippen molar-refractivity contribution >= 4 is 28.2 Å². The largest absolute Gasteiger partial charge is 0.493 e. The summed E-state index contributed by atoms with van der Waals surface area (Å²) in [6.07, 6.45) is 1.49. The van der Waals surface area contributed by atoms with Gasteiger partial charge in [0, 0.05) is 28.9 Å². The lowest BCUT2D eigenvalue weighted by atomic mass is 10.1. The van der Waals surface area contributed by atoms with Gasteiger partial charge in [0.05, 0.1) is 31.0 Å². The normalized spacial score (nSPS) is 10.2. The van der Waals surface area contributed by atoms with Gasteiger partial charge in [-0.15, -0.1) is 0 Å². The average Bonchev–Trinajstić information content (AvgIpc) is 2.67. The number of carbonyl (C=O) groups is 1. The Hall–Kier alpha value is -3.79. The Kier molecular flexibility index (Phi) is 4.58. The van der Waals surface area contributed by atoms with Crippen molar-refractivity contribution in [2.45, 2.75) is 0 Å². The fourth-order valence-electron chi connectivity index (χ4n) is 2.60. The highest BCUT2D eigenvalue weighted by molar-refractivity contribution is 5.98. The van der Waals surface area contributed by atoms with Gasteiger partial charge in [-0.1, -0.05) is 0 Å². The maximum atomic E-state index is 11.2. The standard InChI is InChI=1S/C19H16N4O3/c1-25-16-7-14-15(8-17(16)26-2)22-10-12(9-20)18(14)23-13-5-3-11(4-6-13)19(21)24/h3-8,10H,1-2H3,(H2,21,24)(H,22,23). The number of nitriles is 1. The molecule has 0 saturated carbocycles. The summed E-state index contributed by atoms with van der Waals surface area (Å²) in [6, 6.07) is 12.3. The van der Waals surface area contributed by atoms with Crippen LogP contribution in [0, 0.1) is 11.3 Å². The molecule has 7 heteroatoms. The Balaban J connectivity index is 2.13. The number of hydrogen-bond acceptors (Lipinski definition) is 6. The van der Waals surface area contributed by atoms with E-state index in [1.54, 1.807) is 50.6 Å². The summed E-state index contributed by atoms with van der Waals surface area (Å²) in [5, 5.41) is 13.4. The molecule has 1 heterocycles. The molecular weight excluding hydrogens is 332 g/mol. The molecule has 1 aromatic heterocycles. The van der Waals surface area contributed by atoms with Crippen LogP contribution in [0.2, 0.25) is 0 Å². The Morgan fingerprint density at radius 1 is 1.15 bits per heavy atom. The van der Waals surface area contributed by atoms with Crippen LogP contribution in [0.4, 0.5) is 11.4 Å². The number of nitrogens with zero attached hydrogens (tertiary/aromatic N) is 2. The molecule has 0 fully saturated rings. The molecule has 0 saturated heterocycles. The molecule has 3 N–H and O–H groups in total. The number of benzene rings is 2. The van der Waals surface area contributed by atoms with E-state index in [1.165, 1.54) is 6.20 Å². The number of fused-ring (bicyclic) bond motifs is 1. The zero-order valence-electron chi connectivity index (χ0n) is 14.2. The monoisotopic (exact) mass is 348 g/mol. The lowest BCUT2D eigenvalue weighted by Crippen LogP contribution is -2.10. The summed E-state index contributed by atoms with van der Waals surface area (Å²) in [5.41, 5.74) is 7.98. The average molecular weight is 348 g/mol. The molecule has 7 nitrogen and oxygen atoms in total. The van der Waals surface area contributed by atoms with Crippen LogP contribution in [-0.2, 0) is 0 Å². The van der Waals surface area contributed by atoms with Gasteiger partial charge in [0.2, 0.25) is 5.91 Å². The predicted molar refractivity (Wildman–Crippen MR) is 97.8 cm³/mol. The van der Waals surface area contributed by atoms with Gasteiger partial charge >= 0.3 is 0 Å². The van der Waals surface area contributed by atoms with E-state index in [1.807, 2.05) is 0 Å². The first-order valence-electron chi connectivity index (χ1n) is 7.69. The quantitative estimate of drug-likeness (QED) is 0.733. The molecule has 0 aliphatic rings. The number of nitrogens with two attached hydrogens (primary N) is 1. The Morgan fingerprint density at radius 3 is 2.38 bits per heavy atom. The smallest absolute Gasteiger partial charge is 0.248 e. The number of ether oxygens (including phenoxy) is 2. The first kappa shape index (κ1) is 17.0. The SMILES string of the molecule is COc1cc2ncc(C#N)c(Nc3ccc(C(N)=O)cc3)c2cc1OC. The van der Waals surface area contributed by atoms with Crippen molar-refractivity contribution in [1.82, 2.24) is 4.98 Å². The third-order valence-electron chi connectivity index (χ3n) is 3.93. The summed E-state index contributed by atoms with van der Waals surface area (Å²) >= 11 is 0.